The fourth-order valence-electron chi connectivity index (χ4n) is 2.34. The van der Waals surface area contributed by atoms with Gasteiger partial charge in [-0.05, 0) is 43.2 Å². The molecule has 1 saturated heterocycles. The van der Waals surface area contributed by atoms with Crippen LogP contribution in [0.25, 0.3) is 0 Å². The molecule has 1 aromatic rings. The van der Waals surface area contributed by atoms with E-state index in [9.17, 15) is 0 Å². The van der Waals surface area contributed by atoms with Crippen molar-refractivity contribution < 1.29 is 0 Å². The molecule has 0 aliphatic carbocycles. The van der Waals surface area contributed by atoms with Crippen LogP contribution >= 0.6 is 23.4 Å². The number of benzene rings is 1. The van der Waals surface area contributed by atoms with E-state index in [-0.39, 0.29) is 0 Å². The van der Waals surface area contributed by atoms with Crippen LogP contribution in [0.3, 0.4) is 0 Å². The molecule has 0 amide bonds. The van der Waals surface area contributed by atoms with Crippen molar-refractivity contribution in [3.63, 3.8) is 0 Å². The normalized spacial score (nSPS) is 26.8. The Morgan fingerprint density at radius 3 is 3.00 bits per heavy atom. The lowest BCUT2D eigenvalue weighted by atomic mass is 10.0. The molecule has 2 rings (SSSR count). The second kappa shape index (κ2) is 6.12. The number of nitrogens with one attached hydrogen (secondary N) is 1. The summed E-state index contributed by atoms with van der Waals surface area (Å²) in [5, 5.41) is 5.27. The summed E-state index contributed by atoms with van der Waals surface area (Å²) >= 11 is 8.11. The highest BCUT2D eigenvalue weighted by molar-refractivity contribution is 7.99. The fraction of sp³-hybridized carbons (Fsp3) is 0.571. The Hall–Kier alpha value is -0.180. The van der Waals surface area contributed by atoms with Gasteiger partial charge in [0.15, 0.2) is 0 Å². The zero-order valence-electron chi connectivity index (χ0n) is 10.4. The minimum Gasteiger partial charge on any atom is -0.306 e. The Morgan fingerprint density at radius 2 is 2.29 bits per heavy atom. The first-order chi connectivity index (χ1) is 8.16. The number of hydrogen-bond acceptors (Lipinski definition) is 2. The lowest BCUT2D eigenvalue weighted by Crippen LogP contribution is -2.40. The van der Waals surface area contributed by atoms with Crippen molar-refractivity contribution in [1.82, 2.24) is 5.32 Å². The topological polar surface area (TPSA) is 12.0 Å². The maximum Gasteiger partial charge on any atom is 0.0409 e. The SMILES string of the molecule is CC(NC1CCCSC1C)c1cccc(Cl)c1. The molecule has 3 atom stereocenters. The highest BCUT2D eigenvalue weighted by atomic mass is 35.5. The van der Waals surface area contributed by atoms with Crippen LogP contribution in [-0.4, -0.2) is 17.0 Å². The van der Waals surface area contributed by atoms with Gasteiger partial charge in [-0.3, -0.25) is 0 Å². The third-order valence-corrected chi connectivity index (χ3v) is 5.03. The van der Waals surface area contributed by atoms with Crippen LogP contribution in [0.5, 0.6) is 0 Å². The van der Waals surface area contributed by atoms with Gasteiger partial charge in [0.1, 0.15) is 0 Å². The quantitative estimate of drug-likeness (QED) is 0.879. The second-order valence-corrected chi connectivity index (χ2v) is 6.69. The summed E-state index contributed by atoms with van der Waals surface area (Å²) in [4.78, 5) is 0. The molecule has 1 nitrogen and oxygen atoms in total. The molecule has 0 bridgehead atoms. The van der Waals surface area contributed by atoms with Crippen molar-refractivity contribution in [2.45, 2.75) is 44.0 Å². The molecule has 3 heteroatoms. The Balaban J connectivity index is 1.98. The van der Waals surface area contributed by atoms with E-state index in [1.54, 1.807) is 0 Å². The molecular formula is C14H20ClNS. The molecule has 3 unspecified atom stereocenters. The van der Waals surface area contributed by atoms with Crippen LogP contribution in [0.15, 0.2) is 24.3 Å². The van der Waals surface area contributed by atoms with Gasteiger partial charge in [0.05, 0.1) is 0 Å². The smallest absolute Gasteiger partial charge is 0.0409 e. The summed E-state index contributed by atoms with van der Waals surface area (Å²) < 4.78 is 0. The van der Waals surface area contributed by atoms with E-state index < -0.39 is 0 Å². The fourth-order valence-corrected chi connectivity index (χ4v) is 3.69. The van der Waals surface area contributed by atoms with Gasteiger partial charge in [-0.15, -0.1) is 0 Å². The molecule has 1 aliphatic rings. The highest BCUT2D eigenvalue weighted by Crippen LogP contribution is 2.27. The van der Waals surface area contributed by atoms with Crippen LogP contribution in [0, 0.1) is 0 Å². The molecule has 17 heavy (non-hydrogen) atoms. The number of thioether (sulfide) groups is 1. The Bertz CT molecular complexity index is 369. The number of hydrogen-bond donors (Lipinski definition) is 1. The van der Waals surface area contributed by atoms with E-state index in [0.717, 1.165) is 5.02 Å². The third-order valence-electron chi connectivity index (χ3n) is 3.42. The maximum absolute atomic E-state index is 6.03. The van der Waals surface area contributed by atoms with Gasteiger partial charge in [-0.2, -0.15) is 11.8 Å². The van der Waals surface area contributed by atoms with Crippen LogP contribution in [0.4, 0.5) is 0 Å². The number of halogens is 1. The molecule has 1 heterocycles. The van der Waals surface area contributed by atoms with Crippen molar-refractivity contribution >= 4 is 23.4 Å². The molecule has 0 saturated carbocycles. The van der Waals surface area contributed by atoms with Crippen LogP contribution < -0.4 is 5.32 Å². The molecule has 1 aliphatic heterocycles. The maximum atomic E-state index is 6.03. The molecule has 0 spiro atoms. The predicted molar refractivity (Wildman–Crippen MR) is 77.9 cm³/mol. The Morgan fingerprint density at radius 1 is 1.47 bits per heavy atom. The minimum absolute atomic E-state index is 0.375. The van der Waals surface area contributed by atoms with E-state index in [1.807, 2.05) is 12.1 Å². The average Bonchev–Trinajstić information content (AvgIpc) is 2.32. The Labute approximate surface area is 113 Å². The highest BCUT2D eigenvalue weighted by Gasteiger charge is 2.23. The van der Waals surface area contributed by atoms with Crippen LogP contribution in [-0.2, 0) is 0 Å². The summed E-state index contributed by atoms with van der Waals surface area (Å²) in [6.07, 6.45) is 2.62. The lowest BCUT2D eigenvalue weighted by molar-refractivity contribution is 0.417. The summed E-state index contributed by atoms with van der Waals surface area (Å²) in [5.74, 6) is 1.31. The first-order valence-corrected chi connectivity index (χ1v) is 7.72. The average molecular weight is 270 g/mol. The van der Waals surface area contributed by atoms with Gasteiger partial charge in [0, 0.05) is 22.4 Å². The first-order valence-electron chi connectivity index (χ1n) is 6.30. The Kier molecular flexibility index (Phi) is 4.78. The largest absolute Gasteiger partial charge is 0.306 e. The molecule has 94 valence electrons. The third kappa shape index (κ3) is 3.64. The van der Waals surface area contributed by atoms with Gasteiger partial charge in [-0.1, -0.05) is 30.7 Å². The van der Waals surface area contributed by atoms with Crippen LogP contribution in [0.2, 0.25) is 5.02 Å². The van der Waals surface area contributed by atoms with Gasteiger partial charge < -0.3 is 5.32 Å². The van der Waals surface area contributed by atoms with Crippen molar-refractivity contribution in [2.24, 2.45) is 0 Å². The van der Waals surface area contributed by atoms with E-state index in [1.165, 1.54) is 24.2 Å². The summed E-state index contributed by atoms with van der Waals surface area (Å²) in [5.41, 5.74) is 1.28. The predicted octanol–water partition coefficient (Wildman–Crippen LogP) is 4.27. The summed E-state index contributed by atoms with van der Waals surface area (Å²) in [7, 11) is 0. The summed E-state index contributed by atoms with van der Waals surface area (Å²) in [6, 6.07) is 9.15. The van der Waals surface area contributed by atoms with E-state index in [4.69, 9.17) is 11.6 Å². The summed E-state index contributed by atoms with van der Waals surface area (Å²) in [6.45, 7) is 4.55. The zero-order valence-corrected chi connectivity index (χ0v) is 12.0. The molecule has 1 fully saturated rings. The van der Waals surface area contributed by atoms with Gasteiger partial charge in [0.2, 0.25) is 0 Å². The van der Waals surface area contributed by atoms with Crippen LogP contribution in [0.1, 0.15) is 38.3 Å². The van der Waals surface area contributed by atoms with Crippen molar-refractivity contribution in [3.8, 4) is 0 Å². The molecule has 0 radical (unpaired) electrons. The monoisotopic (exact) mass is 269 g/mol. The van der Waals surface area contributed by atoms with Crippen molar-refractivity contribution in [1.29, 1.82) is 0 Å². The van der Waals surface area contributed by atoms with E-state index in [2.05, 4.69) is 43.1 Å². The minimum atomic E-state index is 0.375. The first kappa shape index (κ1) is 13.3. The lowest BCUT2D eigenvalue weighted by Gasteiger charge is -2.32. The van der Waals surface area contributed by atoms with E-state index in [0.29, 0.717) is 17.3 Å². The van der Waals surface area contributed by atoms with Gasteiger partial charge >= 0.3 is 0 Å². The van der Waals surface area contributed by atoms with Gasteiger partial charge in [-0.25, -0.2) is 0 Å². The van der Waals surface area contributed by atoms with E-state index >= 15 is 0 Å². The van der Waals surface area contributed by atoms with Crippen molar-refractivity contribution in [2.75, 3.05) is 5.75 Å². The zero-order chi connectivity index (χ0) is 12.3. The molecule has 0 aromatic heterocycles. The molecular weight excluding hydrogens is 250 g/mol. The standard InChI is InChI=1S/C14H20ClNS/c1-10(12-5-3-6-13(15)9-12)16-14-7-4-8-17-11(14)2/h3,5-6,9-11,14,16H,4,7-8H2,1-2H3. The number of rotatable bonds is 3. The second-order valence-electron chi connectivity index (χ2n) is 4.77. The van der Waals surface area contributed by atoms with Crippen molar-refractivity contribution in [3.05, 3.63) is 34.9 Å². The molecule has 1 N–H and O–H groups in total. The van der Waals surface area contributed by atoms with Gasteiger partial charge in [0.25, 0.3) is 0 Å². The molecule has 1 aromatic carbocycles.